The zero-order chi connectivity index (χ0) is 11.5. The second-order valence-corrected chi connectivity index (χ2v) is 4.83. The third kappa shape index (κ3) is 3.02. The highest BCUT2D eigenvalue weighted by Gasteiger charge is 2.21. The number of hydrogen-bond donors (Lipinski definition) is 1. The highest BCUT2D eigenvalue weighted by atomic mass is 32.1. The molecule has 0 radical (unpaired) electrons. The molecule has 4 heteroatoms. The minimum atomic E-state index is -0.0788. The molecule has 0 aliphatic heterocycles. The lowest BCUT2D eigenvalue weighted by molar-refractivity contribution is 0.430. The summed E-state index contributed by atoms with van der Waals surface area (Å²) in [5.41, 5.74) is 5.61. The predicted molar refractivity (Wildman–Crippen MR) is 66.8 cm³/mol. The first-order valence-corrected chi connectivity index (χ1v) is 5.68. The molecule has 0 saturated carbocycles. The van der Waals surface area contributed by atoms with Crippen LogP contribution in [0, 0.1) is 5.41 Å². The molecule has 0 bridgehead atoms. The smallest absolute Gasteiger partial charge is 0.108 e. The van der Waals surface area contributed by atoms with Crippen LogP contribution in [0.4, 0.5) is 0 Å². The van der Waals surface area contributed by atoms with Gasteiger partial charge in [0, 0.05) is 30.8 Å². The van der Waals surface area contributed by atoms with Crippen molar-refractivity contribution in [1.29, 1.82) is 0 Å². The Bertz CT molecular complexity index is 341. The van der Waals surface area contributed by atoms with Crippen molar-refractivity contribution in [2.75, 3.05) is 0 Å². The molecule has 0 fully saturated rings. The maximum absolute atomic E-state index is 5.69. The molecule has 15 heavy (non-hydrogen) atoms. The number of nitrogens with zero attached hydrogens (tertiary/aromatic N) is 2. The molecule has 3 nitrogen and oxygen atoms in total. The van der Waals surface area contributed by atoms with Crippen molar-refractivity contribution in [3.8, 4) is 0 Å². The van der Waals surface area contributed by atoms with Gasteiger partial charge in [0.2, 0.25) is 0 Å². The van der Waals surface area contributed by atoms with Crippen LogP contribution in [0.25, 0.3) is 0 Å². The molecule has 0 saturated heterocycles. The minimum Gasteiger partial charge on any atom is -0.393 e. The van der Waals surface area contributed by atoms with Crippen LogP contribution in [0.1, 0.15) is 33.0 Å². The van der Waals surface area contributed by atoms with Crippen LogP contribution >= 0.6 is 12.2 Å². The van der Waals surface area contributed by atoms with E-state index < -0.39 is 0 Å². The van der Waals surface area contributed by atoms with E-state index in [0.717, 1.165) is 25.2 Å². The van der Waals surface area contributed by atoms with Crippen LogP contribution in [-0.2, 0) is 13.0 Å². The summed E-state index contributed by atoms with van der Waals surface area (Å²) in [6.45, 7) is 7.20. The minimum absolute atomic E-state index is 0.0788. The Morgan fingerprint density at radius 2 is 2.27 bits per heavy atom. The molecule has 2 N–H and O–H groups in total. The molecule has 1 aromatic heterocycles. The fourth-order valence-corrected chi connectivity index (χ4v) is 1.48. The van der Waals surface area contributed by atoms with Gasteiger partial charge in [-0.2, -0.15) is 0 Å². The van der Waals surface area contributed by atoms with Crippen LogP contribution in [-0.4, -0.2) is 14.5 Å². The average molecular weight is 225 g/mol. The second-order valence-electron chi connectivity index (χ2n) is 4.39. The molecule has 84 valence electrons. The summed E-state index contributed by atoms with van der Waals surface area (Å²) in [7, 11) is 0. The molecule has 0 amide bonds. The van der Waals surface area contributed by atoms with Crippen LogP contribution in [0.15, 0.2) is 12.4 Å². The molecule has 1 rings (SSSR count). The van der Waals surface area contributed by atoms with E-state index in [2.05, 4.69) is 30.3 Å². The number of thiocarbonyl (C=S) groups is 1. The highest BCUT2D eigenvalue weighted by molar-refractivity contribution is 7.80. The van der Waals surface area contributed by atoms with Gasteiger partial charge in [-0.1, -0.05) is 33.0 Å². The Morgan fingerprint density at radius 1 is 1.60 bits per heavy atom. The van der Waals surface area contributed by atoms with E-state index in [1.807, 2.05) is 12.4 Å². The third-order valence-electron chi connectivity index (χ3n) is 2.76. The highest BCUT2D eigenvalue weighted by Crippen LogP contribution is 2.21. The van der Waals surface area contributed by atoms with Gasteiger partial charge >= 0.3 is 0 Å². The van der Waals surface area contributed by atoms with E-state index in [0.29, 0.717) is 4.99 Å². The van der Waals surface area contributed by atoms with E-state index in [-0.39, 0.29) is 5.41 Å². The van der Waals surface area contributed by atoms with Crippen LogP contribution in [0.3, 0.4) is 0 Å². The first-order chi connectivity index (χ1) is 6.97. The summed E-state index contributed by atoms with van der Waals surface area (Å²) in [4.78, 5) is 4.86. The first-order valence-electron chi connectivity index (χ1n) is 5.27. The van der Waals surface area contributed by atoms with Gasteiger partial charge in [0.05, 0.1) is 4.99 Å². The number of rotatable bonds is 5. The Labute approximate surface area is 96.7 Å². The molecule has 0 aliphatic rings. The van der Waals surface area contributed by atoms with Crippen LogP contribution < -0.4 is 5.73 Å². The molecule has 0 aliphatic carbocycles. The average Bonchev–Trinajstić information content (AvgIpc) is 2.61. The quantitative estimate of drug-likeness (QED) is 0.781. The van der Waals surface area contributed by atoms with E-state index in [1.54, 1.807) is 0 Å². The van der Waals surface area contributed by atoms with E-state index in [4.69, 9.17) is 18.0 Å². The molecule has 0 atom stereocenters. The maximum Gasteiger partial charge on any atom is 0.108 e. The van der Waals surface area contributed by atoms with Crippen molar-refractivity contribution in [2.24, 2.45) is 11.1 Å². The van der Waals surface area contributed by atoms with Crippen molar-refractivity contribution in [2.45, 2.75) is 40.2 Å². The normalized spacial score (nSPS) is 11.7. The SMILES string of the molecule is CCc1nccn1CCC(C)(C)C(N)=S. The summed E-state index contributed by atoms with van der Waals surface area (Å²) in [6, 6.07) is 0. The van der Waals surface area contributed by atoms with Gasteiger partial charge in [-0.05, 0) is 6.42 Å². The molecular formula is C11H19N3S. The maximum atomic E-state index is 5.69. The lowest BCUT2D eigenvalue weighted by Gasteiger charge is -2.23. The van der Waals surface area contributed by atoms with Crippen LogP contribution in [0.5, 0.6) is 0 Å². The Morgan fingerprint density at radius 3 is 2.80 bits per heavy atom. The Hall–Kier alpha value is -0.900. The van der Waals surface area contributed by atoms with E-state index in [1.165, 1.54) is 0 Å². The summed E-state index contributed by atoms with van der Waals surface area (Å²) in [5.74, 6) is 1.12. The standard InChI is InChI=1S/C11H19N3S/c1-4-9-13-6-8-14(9)7-5-11(2,3)10(12)15/h6,8H,4-5,7H2,1-3H3,(H2,12,15). The van der Waals surface area contributed by atoms with Gasteiger partial charge in [0.15, 0.2) is 0 Å². The summed E-state index contributed by atoms with van der Waals surface area (Å²) >= 11 is 5.04. The van der Waals surface area contributed by atoms with Gasteiger partial charge in [0.25, 0.3) is 0 Å². The number of imidazole rings is 1. The molecular weight excluding hydrogens is 206 g/mol. The largest absolute Gasteiger partial charge is 0.393 e. The van der Waals surface area contributed by atoms with Crippen molar-refractivity contribution in [1.82, 2.24) is 9.55 Å². The second kappa shape index (κ2) is 4.75. The lowest BCUT2D eigenvalue weighted by Crippen LogP contribution is -2.30. The van der Waals surface area contributed by atoms with E-state index in [9.17, 15) is 0 Å². The molecule has 0 spiro atoms. The molecule has 0 unspecified atom stereocenters. The van der Waals surface area contributed by atoms with Crippen LogP contribution in [0.2, 0.25) is 0 Å². The van der Waals surface area contributed by atoms with Gasteiger partial charge in [-0.25, -0.2) is 4.98 Å². The number of hydrogen-bond acceptors (Lipinski definition) is 2. The van der Waals surface area contributed by atoms with Crippen molar-refractivity contribution in [3.05, 3.63) is 18.2 Å². The van der Waals surface area contributed by atoms with Gasteiger partial charge in [-0.3, -0.25) is 0 Å². The number of aromatic nitrogens is 2. The first kappa shape index (κ1) is 12.2. The number of nitrogens with two attached hydrogens (primary N) is 1. The van der Waals surface area contributed by atoms with Crippen molar-refractivity contribution < 1.29 is 0 Å². The summed E-state index contributed by atoms with van der Waals surface area (Å²) in [5, 5.41) is 0. The fourth-order valence-electron chi connectivity index (χ4n) is 1.38. The van der Waals surface area contributed by atoms with Crippen molar-refractivity contribution >= 4 is 17.2 Å². The zero-order valence-electron chi connectivity index (χ0n) is 9.66. The monoisotopic (exact) mass is 225 g/mol. The van der Waals surface area contributed by atoms with E-state index >= 15 is 0 Å². The summed E-state index contributed by atoms with van der Waals surface area (Å²) < 4.78 is 2.17. The zero-order valence-corrected chi connectivity index (χ0v) is 10.5. The lowest BCUT2D eigenvalue weighted by atomic mass is 9.89. The van der Waals surface area contributed by atoms with Gasteiger partial charge in [0.1, 0.15) is 5.82 Å². The number of aryl methyl sites for hydroxylation is 2. The van der Waals surface area contributed by atoms with Gasteiger partial charge < -0.3 is 10.3 Å². The topological polar surface area (TPSA) is 43.8 Å². The Kier molecular flexibility index (Phi) is 3.85. The molecule has 1 heterocycles. The Balaban J connectivity index is 2.61. The predicted octanol–water partition coefficient (Wildman–Crippen LogP) is 2.15. The molecule has 1 aromatic rings. The van der Waals surface area contributed by atoms with Gasteiger partial charge in [-0.15, -0.1) is 0 Å². The fraction of sp³-hybridized carbons (Fsp3) is 0.636. The van der Waals surface area contributed by atoms with Crippen molar-refractivity contribution in [3.63, 3.8) is 0 Å². The third-order valence-corrected chi connectivity index (χ3v) is 3.32. The summed E-state index contributed by atoms with van der Waals surface area (Å²) in [6.07, 6.45) is 5.76. The molecule has 0 aromatic carbocycles.